The molecule has 0 saturated carbocycles. The number of nitro groups is 1. The number of anilines is 1. The summed E-state index contributed by atoms with van der Waals surface area (Å²) in [4.78, 5) is 25.0. The van der Waals surface area contributed by atoms with Crippen LogP contribution in [0.1, 0.15) is 18.4 Å². The van der Waals surface area contributed by atoms with Crippen molar-refractivity contribution in [1.82, 2.24) is 4.90 Å². The van der Waals surface area contributed by atoms with Crippen molar-refractivity contribution in [1.29, 1.82) is 0 Å². The molecule has 0 radical (unpaired) electrons. The Morgan fingerprint density at radius 2 is 2.04 bits per heavy atom. The van der Waals surface area contributed by atoms with Crippen molar-refractivity contribution in [3.63, 3.8) is 0 Å². The lowest BCUT2D eigenvalue weighted by molar-refractivity contribution is -0.547. The topological polar surface area (TPSA) is 75.5 Å². The van der Waals surface area contributed by atoms with Crippen molar-refractivity contribution in [2.75, 3.05) is 11.9 Å². The number of amides is 1. The third kappa shape index (κ3) is 1.68. The molecule has 128 valence electrons. The van der Waals surface area contributed by atoms with Crippen LogP contribution in [0.2, 0.25) is 0 Å². The highest BCUT2D eigenvalue weighted by molar-refractivity contribution is 6.06. The fraction of sp³-hybridized carbons (Fsp3) is 0.533. The number of fused-ring (bicyclic) bond motifs is 4. The highest BCUT2D eigenvalue weighted by Crippen LogP contribution is 2.58. The Balaban J connectivity index is 2.00. The standard InChI is InChI=1S/C15H14F3N3O3/c16-15(17,18)11-10-6-3-7-20(10)14(12(11)21(23)24)8-4-1-2-5-9(8)19-13(14)22/h1-2,4-5,10-12H,3,6-7H2,(H,19,22)/t10-,11-,12+,14+/m0/s1. The van der Waals surface area contributed by atoms with Crippen LogP contribution in [0.4, 0.5) is 18.9 Å². The van der Waals surface area contributed by atoms with Crippen molar-refractivity contribution in [2.45, 2.75) is 36.6 Å². The zero-order valence-electron chi connectivity index (χ0n) is 12.4. The molecule has 1 spiro atoms. The van der Waals surface area contributed by atoms with Crippen molar-refractivity contribution in [3.8, 4) is 0 Å². The van der Waals surface area contributed by atoms with E-state index in [9.17, 15) is 28.1 Å². The number of alkyl halides is 3. The van der Waals surface area contributed by atoms with Gasteiger partial charge < -0.3 is 5.32 Å². The summed E-state index contributed by atoms with van der Waals surface area (Å²) in [6.45, 7) is 0.239. The number of carbonyl (C=O) groups is 1. The molecule has 4 rings (SSSR count). The number of para-hydroxylation sites is 1. The minimum atomic E-state index is -4.74. The third-order valence-electron chi connectivity index (χ3n) is 5.47. The first-order valence-electron chi connectivity index (χ1n) is 7.67. The monoisotopic (exact) mass is 341 g/mol. The molecule has 2 fully saturated rings. The molecule has 1 aromatic carbocycles. The van der Waals surface area contributed by atoms with Gasteiger partial charge in [-0.05, 0) is 18.9 Å². The number of rotatable bonds is 1. The summed E-state index contributed by atoms with van der Waals surface area (Å²) >= 11 is 0. The highest BCUT2D eigenvalue weighted by Gasteiger charge is 2.77. The van der Waals surface area contributed by atoms with Crippen LogP contribution in [0.25, 0.3) is 0 Å². The van der Waals surface area contributed by atoms with E-state index in [4.69, 9.17) is 0 Å². The van der Waals surface area contributed by atoms with Gasteiger partial charge >= 0.3 is 6.18 Å². The van der Waals surface area contributed by atoms with Crippen LogP contribution >= 0.6 is 0 Å². The minimum absolute atomic E-state index is 0.200. The van der Waals surface area contributed by atoms with Crippen LogP contribution in [0.15, 0.2) is 24.3 Å². The van der Waals surface area contributed by atoms with Gasteiger partial charge in [-0.25, -0.2) is 0 Å². The van der Waals surface area contributed by atoms with Crippen LogP contribution in [-0.2, 0) is 10.3 Å². The van der Waals surface area contributed by atoms with E-state index in [0.717, 1.165) is 0 Å². The Hall–Kier alpha value is -2.16. The quantitative estimate of drug-likeness (QED) is 0.627. The largest absolute Gasteiger partial charge is 0.400 e. The van der Waals surface area contributed by atoms with E-state index in [1.165, 1.54) is 11.0 Å². The average Bonchev–Trinajstić information content (AvgIpc) is 3.12. The SMILES string of the molecule is O=C1Nc2ccccc2[C@@]12[C@H]([N+](=O)[O-])[C@@H](C(F)(F)F)[C@@H]1CCCN12. The fourth-order valence-corrected chi connectivity index (χ4v) is 4.77. The van der Waals surface area contributed by atoms with Gasteiger partial charge in [0, 0.05) is 28.8 Å². The maximum Gasteiger partial charge on any atom is 0.400 e. The maximum absolute atomic E-state index is 13.7. The summed E-state index contributed by atoms with van der Waals surface area (Å²) in [5.41, 5.74) is -1.26. The van der Waals surface area contributed by atoms with Crippen LogP contribution in [0, 0.1) is 16.0 Å². The number of hydrogen-bond acceptors (Lipinski definition) is 4. The molecule has 3 aliphatic rings. The van der Waals surface area contributed by atoms with E-state index in [2.05, 4.69) is 5.32 Å². The van der Waals surface area contributed by atoms with E-state index in [-0.39, 0.29) is 18.5 Å². The number of benzene rings is 1. The first kappa shape index (κ1) is 15.4. The number of hydrogen-bond donors (Lipinski definition) is 1. The number of nitrogens with zero attached hydrogens (tertiary/aromatic N) is 2. The Morgan fingerprint density at radius 3 is 2.71 bits per heavy atom. The molecule has 6 nitrogen and oxygen atoms in total. The Bertz CT molecular complexity index is 738. The van der Waals surface area contributed by atoms with E-state index in [1.54, 1.807) is 18.2 Å². The molecule has 3 heterocycles. The number of carbonyl (C=O) groups excluding carboxylic acids is 1. The van der Waals surface area contributed by atoms with Gasteiger partial charge in [0.2, 0.25) is 0 Å². The second-order valence-corrected chi connectivity index (χ2v) is 6.47. The van der Waals surface area contributed by atoms with Gasteiger partial charge in [-0.15, -0.1) is 0 Å². The second kappa shape index (κ2) is 4.69. The molecule has 1 aromatic rings. The Kier molecular flexibility index (Phi) is 3.00. The molecular weight excluding hydrogens is 327 g/mol. The van der Waals surface area contributed by atoms with E-state index >= 15 is 0 Å². The minimum Gasteiger partial charge on any atom is -0.324 e. The van der Waals surface area contributed by atoms with Crippen LogP contribution in [-0.4, -0.2) is 40.5 Å². The zero-order valence-corrected chi connectivity index (χ0v) is 12.4. The molecule has 0 aromatic heterocycles. The predicted molar refractivity (Wildman–Crippen MR) is 76.8 cm³/mol. The highest BCUT2D eigenvalue weighted by atomic mass is 19.4. The van der Waals surface area contributed by atoms with Gasteiger partial charge in [-0.2, -0.15) is 13.2 Å². The molecule has 3 aliphatic heterocycles. The van der Waals surface area contributed by atoms with Gasteiger partial charge in [0.1, 0.15) is 5.92 Å². The van der Waals surface area contributed by atoms with Crippen molar-refractivity contribution in [3.05, 3.63) is 39.9 Å². The summed E-state index contributed by atoms with van der Waals surface area (Å²) < 4.78 is 41.1. The van der Waals surface area contributed by atoms with Crippen LogP contribution in [0.5, 0.6) is 0 Å². The van der Waals surface area contributed by atoms with Crippen LogP contribution < -0.4 is 5.32 Å². The number of halogens is 3. The molecule has 1 N–H and O–H groups in total. The molecule has 24 heavy (non-hydrogen) atoms. The molecule has 4 atom stereocenters. The summed E-state index contributed by atoms with van der Waals surface area (Å²) in [6, 6.07) is 3.20. The molecule has 0 bridgehead atoms. The first-order chi connectivity index (χ1) is 11.3. The first-order valence-corrected chi connectivity index (χ1v) is 7.67. The predicted octanol–water partition coefficient (Wildman–Crippen LogP) is 2.14. The molecular formula is C15H14F3N3O3. The Morgan fingerprint density at radius 1 is 1.33 bits per heavy atom. The molecule has 0 unspecified atom stereocenters. The normalized spacial score (nSPS) is 35.1. The van der Waals surface area contributed by atoms with E-state index in [1.807, 2.05) is 0 Å². The zero-order chi connectivity index (χ0) is 17.3. The summed E-state index contributed by atoms with van der Waals surface area (Å²) in [6.07, 6.45) is -4.06. The van der Waals surface area contributed by atoms with Crippen molar-refractivity contribution in [2.24, 2.45) is 5.92 Å². The van der Waals surface area contributed by atoms with E-state index in [0.29, 0.717) is 12.1 Å². The average molecular weight is 341 g/mol. The second-order valence-electron chi connectivity index (χ2n) is 6.47. The lowest BCUT2D eigenvalue weighted by Crippen LogP contribution is -2.56. The summed E-state index contributed by atoms with van der Waals surface area (Å²) in [5.74, 6) is -2.89. The molecule has 9 heteroatoms. The number of nitrogens with one attached hydrogen (secondary N) is 1. The maximum atomic E-state index is 13.7. The lowest BCUT2D eigenvalue weighted by Gasteiger charge is -2.32. The lowest BCUT2D eigenvalue weighted by atomic mass is 9.79. The van der Waals surface area contributed by atoms with Gasteiger partial charge in [0.15, 0.2) is 5.54 Å². The van der Waals surface area contributed by atoms with Gasteiger partial charge in [-0.3, -0.25) is 19.8 Å². The van der Waals surface area contributed by atoms with Gasteiger partial charge in [0.25, 0.3) is 11.9 Å². The smallest absolute Gasteiger partial charge is 0.324 e. The molecule has 0 aliphatic carbocycles. The van der Waals surface area contributed by atoms with Gasteiger partial charge in [0.05, 0.1) is 0 Å². The summed E-state index contributed by atoms with van der Waals surface area (Å²) in [7, 11) is 0. The van der Waals surface area contributed by atoms with E-state index < -0.39 is 40.5 Å². The van der Waals surface area contributed by atoms with Crippen molar-refractivity contribution >= 4 is 11.6 Å². The van der Waals surface area contributed by atoms with Crippen molar-refractivity contribution < 1.29 is 22.9 Å². The summed E-state index contributed by atoms with van der Waals surface area (Å²) in [5, 5.41) is 14.3. The Labute approximate surface area is 134 Å². The molecule has 2 saturated heterocycles. The van der Waals surface area contributed by atoms with Crippen LogP contribution in [0.3, 0.4) is 0 Å². The molecule has 1 amide bonds. The fourth-order valence-electron chi connectivity index (χ4n) is 4.77. The third-order valence-corrected chi connectivity index (χ3v) is 5.47. The van der Waals surface area contributed by atoms with Gasteiger partial charge in [-0.1, -0.05) is 18.2 Å².